The second-order valence-corrected chi connectivity index (χ2v) is 7.64. The van der Waals surface area contributed by atoms with Crippen LogP contribution in [-0.4, -0.2) is 33.4 Å². The van der Waals surface area contributed by atoms with Crippen molar-refractivity contribution in [3.8, 4) is 0 Å². The normalized spacial score (nSPS) is 16.5. The molecule has 0 bridgehead atoms. The number of carbonyl (C=O) groups excluding carboxylic acids is 1. The lowest BCUT2D eigenvalue weighted by Crippen LogP contribution is -2.29. The summed E-state index contributed by atoms with van der Waals surface area (Å²) in [5.74, 6) is 1.68. The molecule has 0 spiro atoms. The highest BCUT2D eigenvalue weighted by molar-refractivity contribution is 5.76. The second-order valence-electron chi connectivity index (χ2n) is 7.64. The molecule has 0 radical (unpaired) electrons. The second kappa shape index (κ2) is 8.42. The lowest BCUT2D eigenvalue weighted by atomic mass is 10.1. The van der Waals surface area contributed by atoms with Gasteiger partial charge in [0.25, 0.3) is 0 Å². The summed E-state index contributed by atoms with van der Waals surface area (Å²) in [5, 5.41) is 0. The maximum atomic E-state index is 12.7. The van der Waals surface area contributed by atoms with E-state index in [1.165, 1.54) is 16.8 Å². The smallest absolute Gasteiger partial charge is 0.222 e. The molecule has 0 aliphatic carbocycles. The molecule has 0 N–H and O–H groups in total. The van der Waals surface area contributed by atoms with Crippen molar-refractivity contribution >= 4 is 5.91 Å². The van der Waals surface area contributed by atoms with E-state index in [1.807, 2.05) is 35.4 Å². The van der Waals surface area contributed by atoms with E-state index in [2.05, 4.69) is 47.9 Å². The lowest BCUT2D eigenvalue weighted by molar-refractivity contribution is -0.130. The summed E-state index contributed by atoms with van der Waals surface area (Å²) in [6.07, 6.45) is 4.33. The third kappa shape index (κ3) is 4.16. The third-order valence-electron chi connectivity index (χ3n) is 5.65. The van der Waals surface area contributed by atoms with Gasteiger partial charge in [-0.3, -0.25) is 4.79 Å². The van der Waals surface area contributed by atoms with Crippen LogP contribution in [0.5, 0.6) is 0 Å². The zero-order chi connectivity index (χ0) is 19.3. The number of likely N-dealkylation sites (tertiary alicyclic amines) is 1. The molecule has 1 aliphatic rings. The van der Waals surface area contributed by atoms with Crippen molar-refractivity contribution in [1.29, 1.82) is 0 Å². The summed E-state index contributed by atoms with van der Waals surface area (Å²) in [6.45, 7) is 4.55. The zero-order valence-electron chi connectivity index (χ0n) is 16.4. The third-order valence-corrected chi connectivity index (χ3v) is 5.65. The number of amides is 1. The van der Waals surface area contributed by atoms with Gasteiger partial charge in [0, 0.05) is 43.9 Å². The fourth-order valence-electron chi connectivity index (χ4n) is 4.03. The Morgan fingerprint density at radius 3 is 2.43 bits per heavy atom. The van der Waals surface area contributed by atoms with E-state index in [-0.39, 0.29) is 5.91 Å². The molecule has 0 saturated carbocycles. The number of hydrogen-bond acceptors (Lipinski definition) is 2. The van der Waals surface area contributed by atoms with E-state index in [9.17, 15) is 4.79 Å². The van der Waals surface area contributed by atoms with E-state index in [4.69, 9.17) is 4.98 Å². The van der Waals surface area contributed by atoms with E-state index >= 15 is 0 Å². The molecule has 144 valence electrons. The molecule has 2 heterocycles. The van der Waals surface area contributed by atoms with Crippen molar-refractivity contribution in [1.82, 2.24) is 14.5 Å². The Bertz CT molecular complexity index is 918. The number of hydrogen-bond donors (Lipinski definition) is 0. The SMILES string of the molecule is Cc1cnc(C2CCN(C(=O)CCc3ccccc3)C2)n1Cc1ccccc1. The molecule has 1 aromatic heterocycles. The molecule has 1 unspecified atom stereocenters. The number of benzene rings is 2. The first-order chi connectivity index (χ1) is 13.7. The molecule has 1 amide bonds. The topological polar surface area (TPSA) is 38.1 Å². The van der Waals surface area contributed by atoms with Crippen LogP contribution in [0, 0.1) is 6.92 Å². The largest absolute Gasteiger partial charge is 0.342 e. The Kier molecular flexibility index (Phi) is 5.56. The maximum absolute atomic E-state index is 12.7. The Labute approximate surface area is 166 Å². The number of aryl methyl sites for hydroxylation is 2. The van der Waals surface area contributed by atoms with Crippen LogP contribution in [0.25, 0.3) is 0 Å². The number of nitrogens with zero attached hydrogens (tertiary/aromatic N) is 3. The minimum atomic E-state index is 0.254. The average Bonchev–Trinajstić information content (AvgIpc) is 3.35. The molecule has 28 heavy (non-hydrogen) atoms. The monoisotopic (exact) mass is 373 g/mol. The first-order valence-electron chi connectivity index (χ1n) is 10.1. The van der Waals surface area contributed by atoms with Crippen LogP contribution in [0.4, 0.5) is 0 Å². The van der Waals surface area contributed by atoms with Crippen LogP contribution in [0.1, 0.15) is 41.4 Å². The first-order valence-corrected chi connectivity index (χ1v) is 10.1. The van der Waals surface area contributed by atoms with Crippen molar-refractivity contribution in [2.24, 2.45) is 0 Å². The zero-order valence-corrected chi connectivity index (χ0v) is 16.4. The van der Waals surface area contributed by atoms with Gasteiger partial charge in [-0.05, 0) is 30.9 Å². The molecular weight excluding hydrogens is 346 g/mol. The molecule has 1 fully saturated rings. The molecule has 1 saturated heterocycles. The Balaban J connectivity index is 1.39. The highest BCUT2D eigenvalue weighted by Crippen LogP contribution is 2.28. The summed E-state index contributed by atoms with van der Waals surface area (Å²) in [4.78, 5) is 19.4. The Morgan fingerprint density at radius 1 is 1.04 bits per heavy atom. The van der Waals surface area contributed by atoms with Crippen LogP contribution in [0.15, 0.2) is 66.9 Å². The summed E-state index contributed by atoms with van der Waals surface area (Å²) in [7, 11) is 0. The summed E-state index contributed by atoms with van der Waals surface area (Å²) >= 11 is 0. The minimum Gasteiger partial charge on any atom is -0.342 e. The Morgan fingerprint density at radius 2 is 1.71 bits per heavy atom. The summed E-state index contributed by atoms with van der Waals surface area (Å²) in [5.41, 5.74) is 3.67. The highest BCUT2D eigenvalue weighted by atomic mass is 16.2. The molecule has 4 heteroatoms. The van der Waals surface area contributed by atoms with Gasteiger partial charge in [-0.1, -0.05) is 60.7 Å². The van der Waals surface area contributed by atoms with Crippen LogP contribution >= 0.6 is 0 Å². The van der Waals surface area contributed by atoms with Gasteiger partial charge in [0.15, 0.2) is 0 Å². The van der Waals surface area contributed by atoms with Gasteiger partial charge in [0.05, 0.1) is 0 Å². The van der Waals surface area contributed by atoms with Gasteiger partial charge in [-0.25, -0.2) is 4.98 Å². The molecule has 4 rings (SSSR count). The fourth-order valence-corrected chi connectivity index (χ4v) is 4.03. The van der Waals surface area contributed by atoms with Crippen molar-refractivity contribution in [3.63, 3.8) is 0 Å². The number of imidazole rings is 1. The van der Waals surface area contributed by atoms with Gasteiger partial charge in [0.1, 0.15) is 5.82 Å². The van der Waals surface area contributed by atoms with E-state index in [1.54, 1.807) is 0 Å². The van der Waals surface area contributed by atoms with Gasteiger partial charge < -0.3 is 9.47 Å². The van der Waals surface area contributed by atoms with Gasteiger partial charge in [0.2, 0.25) is 5.91 Å². The Hall–Kier alpha value is -2.88. The quantitative estimate of drug-likeness (QED) is 0.650. The number of aromatic nitrogens is 2. The van der Waals surface area contributed by atoms with Crippen LogP contribution < -0.4 is 0 Å². The predicted molar refractivity (Wildman–Crippen MR) is 111 cm³/mol. The van der Waals surface area contributed by atoms with Crippen LogP contribution in [0.2, 0.25) is 0 Å². The minimum absolute atomic E-state index is 0.254. The van der Waals surface area contributed by atoms with E-state index < -0.39 is 0 Å². The van der Waals surface area contributed by atoms with Crippen LogP contribution in [-0.2, 0) is 17.8 Å². The molecule has 4 nitrogen and oxygen atoms in total. The predicted octanol–water partition coefficient (Wildman–Crippen LogP) is 4.19. The van der Waals surface area contributed by atoms with Crippen molar-refractivity contribution in [3.05, 3.63) is 89.5 Å². The number of carbonyl (C=O) groups is 1. The molecule has 2 aromatic carbocycles. The van der Waals surface area contributed by atoms with Gasteiger partial charge in [-0.2, -0.15) is 0 Å². The molecular formula is C24H27N3O. The first kappa shape index (κ1) is 18.5. The summed E-state index contributed by atoms with van der Waals surface area (Å²) in [6, 6.07) is 20.7. The summed E-state index contributed by atoms with van der Waals surface area (Å²) < 4.78 is 2.30. The van der Waals surface area contributed by atoms with E-state index in [0.717, 1.165) is 38.3 Å². The molecule has 1 atom stereocenters. The van der Waals surface area contributed by atoms with Gasteiger partial charge >= 0.3 is 0 Å². The van der Waals surface area contributed by atoms with Gasteiger partial charge in [-0.15, -0.1) is 0 Å². The van der Waals surface area contributed by atoms with Crippen LogP contribution in [0.3, 0.4) is 0 Å². The highest BCUT2D eigenvalue weighted by Gasteiger charge is 2.30. The van der Waals surface area contributed by atoms with E-state index in [0.29, 0.717) is 12.3 Å². The molecule has 1 aliphatic heterocycles. The average molecular weight is 374 g/mol. The molecule has 3 aromatic rings. The number of rotatable bonds is 6. The van der Waals surface area contributed by atoms with Crippen molar-refractivity contribution in [2.75, 3.05) is 13.1 Å². The standard InChI is InChI=1S/C24H27N3O/c1-19-16-25-24(27(19)17-21-10-6-3-7-11-21)22-14-15-26(18-22)23(28)13-12-20-8-4-2-5-9-20/h2-11,16,22H,12-15,17-18H2,1H3. The van der Waals surface area contributed by atoms with Crippen molar-refractivity contribution < 1.29 is 4.79 Å². The lowest BCUT2D eigenvalue weighted by Gasteiger charge is -2.18. The van der Waals surface area contributed by atoms with Crippen molar-refractivity contribution in [2.45, 2.75) is 38.6 Å². The fraction of sp³-hybridized carbons (Fsp3) is 0.333. The maximum Gasteiger partial charge on any atom is 0.222 e.